The Kier molecular flexibility index (Phi) is 5.83. The van der Waals surface area contributed by atoms with Gasteiger partial charge in [-0.25, -0.2) is 4.98 Å². The van der Waals surface area contributed by atoms with Gasteiger partial charge in [-0.3, -0.25) is 14.9 Å². The Morgan fingerprint density at radius 1 is 1.04 bits per heavy atom. The van der Waals surface area contributed by atoms with Gasteiger partial charge in [0.1, 0.15) is 5.75 Å². The maximum atomic E-state index is 12.5. The molecule has 2 aromatic carbocycles. The van der Waals surface area contributed by atoms with E-state index < -0.39 is 0 Å². The number of benzene rings is 2. The molecule has 27 heavy (non-hydrogen) atoms. The van der Waals surface area contributed by atoms with E-state index in [2.05, 4.69) is 10.3 Å². The van der Waals surface area contributed by atoms with Crippen LogP contribution in [0.2, 0.25) is 0 Å². The summed E-state index contributed by atoms with van der Waals surface area (Å²) >= 11 is 1.26. The highest BCUT2D eigenvalue weighted by Gasteiger charge is 2.18. The van der Waals surface area contributed by atoms with Gasteiger partial charge < -0.3 is 9.47 Å². The summed E-state index contributed by atoms with van der Waals surface area (Å²) in [7, 11) is 2.91. The van der Waals surface area contributed by atoms with Crippen molar-refractivity contribution in [2.75, 3.05) is 19.5 Å². The molecule has 0 unspecified atom stereocenters. The molecular weight excluding hydrogens is 364 g/mol. The van der Waals surface area contributed by atoms with Crippen molar-refractivity contribution in [3.05, 3.63) is 65.0 Å². The number of amides is 1. The summed E-state index contributed by atoms with van der Waals surface area (Å²) in [6.07, 6.45) is 0.0940. The molecule has 0 fully saturated rings. The van der Waals surface area contributed by atoms with Crippen LogP contribution >= 0.6 is 11.3 Å². The van der Waals surface area contributed by atoms with Crippen LogP contribution < -0.4 is 10.1 Å². The number of ether oxygens (including phenoxy) is 2. The number of methoxy groups -OCH3 is 2. The summed E-state index contributed by atoms with van der Waals surface area (Å²) < 4.78 is 9.86. The number of carbonyl (C=O) groups is 2. The summed E-state index contributed by atoms with van der Waals surface area (Å²) in [5, 5.41) is 3.22. The maximum Gasteiger partial charge on any atom is 0.310 e. The molecule has 6 nitrogen and oxygen atoms in total. The third-order valence-electron chi connectivity index (χ3n) is 3.85. The third-order valence-corrected chi connectivity index (χ3v) is 4.82. The minimum Gasteiger partial charge on any atom is -0.497 e. The molecule has 1 amide bonds. The molecule has 1 N–H and O–H groups in total. The predicted octanol–water partition coefficient (Wildman–Crippen LogP) is 3.79. The highest BCUT2D eigenvalue weighted by molar-refractivity contribution is 7.16. The third kappa shape index (κ3) is 4.51. The van der Waals surface area contributed by atoms with Gasteiger partial charge in [-0.1, -0.05) is 30.3 Å². The van der Waals surface area contributed by atoms with Gasteiger partial charge in [-0.05, 0) is 24.3 Å². The lowest BCUT2D eigenvalue weighted by Crippen LogP contribution is -2.11. The van der Waals surface area contributed by atoms with E-state index in [1.165, 1.54) is 18.4 Å². The second-order valence-corrected chi connectivity index (χ2v) is 6.68. The highest BCUT2D eigenvalue weighted by atomic mass is 32.1. The van der Waals surface area contributed by atoms with Gasteiger partial charge in [0.25, 0.3) is 5.91 Å². The van der Waals surface area contributed by atoms with E-state index >= 15 is 0 Å². The van der Waals surface area contributed by atoms with Crippen molar-refractivity contribution in [1.29, 1.82) is 0 Å². The molecule has 0 saturated heterocycles. The first-order valence-corrected chi connectivity index (χ1v) is 8.99. The average molecular weight is 382 g/mol. The molecule has 1 aromatic heterocycles. The summed E-state index contributed by atoms with van der Waals surface area (Å²) in [4.78, 5) is 29.5. The van der Waals surface area contributed by atoms with Crippen LogP contribution in [0, 0.1) is 0 Å². The van der Waals surface area contributed by atoms with Crippen molar-refractivity contribution in [3.8, 4) is 17.0 Å². The number of hydrogen-bond donors (Lipinski definition) is 1. The average Bonchev–Trinajstić information content (AvgIpc) is 3.10. The van der Waals surface area contributed by atoms with Crippen molar-refractivity contribution < 1.29 is 19.1 Å². The molecule has 0 bridgehead atoms. The number of anilines is 1. The minimum atomic E-state index is -0.358. The molecule has 3 rings (SSSR count). The molecule has 0 radical (unpaired) electrons. The molecule has 138 valence electrons. The molecule has 0 aliphatic rings. The van der Waals surface area contributed by atoms with E-state index in [0.717, 1.165) is 10.4 Å². The van der Waals surface area contributed by atoms with Gasteiger partial charge in [-0.2, -0.15) is 0 Å². The Labute approximate surface area is 160 Å². The number of nitrogens with zero attached hydrogens (tertiary/aromatic N) is 1. The van der Waals surface area contributed by atoms with Crippen molar-refractivity contribution in [1.82, 2.24) is 4.98 Å². The molecule has 3 aromatic rings. The van der Waals surface area contributed by atoms with Crippen molar-refractivity contribution in [2.45, 2.75) is 6.42 Å². The smallest absolute Gasteiger partial charge is 0.310 e. The van der Waals surface area contributed by atoms with E-state index in [9.17, 15) is 9.59 Å². The summed E-state index contributed by atoms with van der Waals surface area (Å²) in [5.74, 6) is 0.0343. The Morgan fingerprint density at radius 3 is 2.37 bits per heavy atom. The highest BCUT2D eigenvalue weighted by Crippen LogP contribution is 2.32. The molecular formula is C20H18N2O4S. The normalized spacial score (nSPS) is 10.3. The molecule has 7 heteroatoms. The van der Waals surface area contributed by atoms with Crippen LogP contribution in [0.15, 0.2) is 54.6 Å². The van der Waals surface area contributed by atoms with E-state index in [0.29, 0.717) is 22.1 Å². The van der Waals surface area contributed by atoms with Crippen LogP contribution in [0.3, 0.4) is 0 Å². The number of rotatable bonds is 6. The van der Waals surface area contributed by atoms with Crippen molar-refractivity contribution in [3.63, 3.8) is 0 Å². The fraction of sp³-hybridized carbons (Fsp3) is 0.150. The van der Waals surface area contributed by atoms with E-state index in [1.807, 2.05) is 30.3 Å². The fourth-order valence-electron chi connectivity index (χ4n) is 2.46. The summed E-state index contributed by atoms with van der Waals surface area (Å²) in [6.45, 7) is 0. The van der Waals surface area contributed by atoms with Crippen LogP contribution in [0.1, 0.15) is 15.2 Å². The lowest BCUT2D eigenvalue weighted by atomic mass is 10.1. The first-order valence-electron chi connectivity index (χ1n) is 8.18. The van der Waals surface area contributed by atoms with Crippen LogP contribution in [-0.4, -0.2) is 31.1 Å². The Balaban J connectivity index is 1.86. The second-order valence-electron chi connectivity index (χ2n) is 5.59. The zero-order valence-corrected chi connectivity index (χ0v) is 15.7. The Morgan fingerprint density at radius 2 is 1.74 bits per heavy atom. The van der Waals surface area contributed by atoms with Crippen molar-refractivity contribution in [2.24, 2.45) is 0 Å². The monoisotopic (exact) mass is 382 g/mol. The second kappa shape index (κ2) is 8.46. The molecule has 0 aliphatic carbocycles. The van der Waals surface area contributed by atoms with Crippen LogP contribution in [0.5, 0.6) is 5.75 Å². The fourth-order valence-corrected chi connectivity index (χ4v) is 3.43. The van der Waals surface area contributed by atoms with Gasteiger partial charge in [0.2, 0.25) is 0 Å². The van der Waals surface area contributed by atoms with E-state index in [4.69, 9.17) is 9.47 Å². The maximum absolute atomic E-state index is 12.5. The zero-order valence-electron chi connectivity index (χ0n) is 14.9. The molecule has 1 heterocycles. The van der Waals surface area contributed by atoms with Gasteiger partial charge in [0.05, 0.1) is 26.3 Å². The quantitative estimate of drug-likeness (QED) is 0.657. The first-order chi connectivity index (χ1) is 13.1. The van der Waals surface area contributed by atoms with Crippen molar-refractivity contribution >= 4 is 28.3 Å². The van der Waals surface area contributed by atoms with Crippen LogP contribution in [0.4, 0.5) is 5.13 Å². The lowest BCUT2D eigenvalue weighted by Gasteiger charge is -2.03. The largest absolute Gasteiger partial charge is 0.497 e. The van der Waals surface area contributed by atoms with Crippen LogP contribution in [-0.2, 0) is 16.0 Å². The number of hydrogen-bond acceptors (Lipinski definition) is 6. The van der Waals surface area contributed by atoms with Gasteiger partial charge in [0, 0.05) is 16.0 Å². The lowest BCUT2D eigenvalue weighted by molar-refractivity contribution is -0.139. The molecule has 0 aliphatic heterocycles. The molecule has 0 atom stereocenters. The molecule has 0 saturated carbocycles. The Hall–Kier alpha value is -3.19. The first kappa shape index (κ1) is 18.6. The minimum absolute atomic E-state index is 0.0940. The number of nitrogens with one attached hydrogen (secondary N) is 1. The van der Waals surface area contributed by atoms with E-state index in [1.54, 1.807) is 31.4 Å². The number of esters is 1. The predicted molar refractivity (Wildman–Crippen MR) is 104 cm³/mol. The number of carbonyl (C=O) groups excluding carboxylic acids is 2. The van der Waals surface area contributed by atoms with E-state index in [-0.39, 0.29) is 18.3 Å². The topological polar surface area (TPSA) is 77.5 Å². The number of thiazole rings is 1. The van der Waals surface area contributed by atoms with Crippen LogP contribution in [0.25, 0.3) is 11.3 Å². The van der Waals surface area contributed by atoms with Gasteiger partial charge >= 0.3 is 5.97 Å². The SMILES string of the molecule is COC(=O)Cc1sc(NC(=O)c2ccc(OC)cc2)nc1-c1ccccc1. The summed E-state index contributed by atoms with van der Waals surface area (Å²) in [6, 6.07) is 16.3. The number of aromatic nitrogens is 1. The summed E-state index contributed by atoms with van der Waals surface area (Å²) in [5.41, 5.74) is 2.02. The van der Waals surface area contributed by atoms with Gasteiger partial charge in [-0.15, -0.1) is 11.3 Å². The Bertz CT molecular complexity index is 936. The standard InChI is InChI=1S/C20H18N2O4S/c1-25-15-10-8-14(9-11-15)19(24)22-20-21-18(13-6-4-3-5-7-13)16(27-20)12-17(23)26-2/h3-11H,12H2,1-2H3,(H,21,22,24). The van der Waals surface area contributed by atoms with Gasteiger partial charge in [0.15, 0.2) is 5.13 Å². The zero-order chi connectivity index (χ0) is 19.2. The molecule has 0 spiro atoms.